The Kier molecular flexibility index (Phi) is 4.27. The van der Waals surface area contributed by atoms with Crippen molar-refractivity contribution in [3.63, 3.8) is 0 Å². The molecule has 0 aliphatic carbocycles. The van der Waals surface area contributed by atoms with Crippen molar-refractivity contribution in [1.29, 1.82) is 0 Å². The minimum absolute atomic E-state index is 0.262. The lowest BCUT2D eigenvalue weighted by Crippen LogP contribution is -2.04. The van der Waals surface area contributed by atoms with Gasteiger partial charge in [0.1, 0.15) is 11.6 Å². The van der Waals surface area contributed by atoms with Crippen LogP contribution in [0.15, 0.2) is 42.5 Å². The van der Waals surface area contributed by atoms with E-state index in [1.807, 2.05) is 0 Å². The summed E-state index contributed by atoms with van der Waals surface area (Å²) in [5.41, 5.74) is 7.55. The zero-order valence-corrected chi connectivity index (χ0v) is 10.9. The van der Waals surface area contributed by atoms with Crippen molar-refractivity contribution in [3.8, 4) is 11.1 Å². The fourth-order valence-corrected chi connectivity index (χ4v) is 2.14. The van der Waals surface area contributed by atoms with Crippen molar-refractivity contribution in [3.05, 3.63) is 59.7 Å². The molecule has 2 aromatic rings. The minimum atomic E-state index is -0.364. The molecule has 2 rings (SSSR count). The van der Waals surface area contributed by atoms with Gasteiger partial charge in [-0.1, -0.05) is 25.1 Å². The van der Waals surface area contributed by atoms with Gasteiger partial charge in [0.05, 0.1) is 0 Å². The molecule has 100 valence electrons. The van der Waals surface area contributed by atoms with Crippen molar-refractivity contribution in [2.75, 3.05) is 6.54 Å². The van der Waals surface area contributed by atoms with Gasteiger partial charge in [-0.3, -0.25) is 0 Å². The molecular weight excluding hydrogens is 244 g/mol. The number of nitrogens with two attached hydrogens (primary N) is 1. The summed E-state index contributed by atoms with van der Waals surface area (Å²) in [6, 6.07) is 11.0. The number of halogens is 2. The van der Waals surface area contributed by atoms with Crippen LogP contribution < -0.4 is 5.73 Å². The maximum Gasteiger partial charge on any atom is 0.131 e. The fourth-order valence-electron chi connectivity index (χ4n) is 2.14. The van der Waals surface area contributed by atoms with Gasteiger partial charge in [0.2, 0.25) is 0 Å². The van der Waals surface area contributed by atoms with Crippen LogP contribution in [0.25, 0.3) is 11.1 Å². The Morgan fingerprint density at radius 1 is 1.11 bits per heavy atom. The molecule has 0 bridgehead atoms. The molecule has 1 nitrogen and oxygen atoms in total. The molecule has 2 aromatic carbocycles. The second-order valence-electron chi connectivity index (χ2n) is 4.73. The zero-order chi connectivity index (χ0) is 13.8. The molecule has 2 N–H and O–H groups in total. The summed E-state index contributed by atoms with van der Waals surface area (Å²) in [6.45, 7) is 2.64. The van der Waals surface area contributed by atoms with Gasteiger partial charge in [0, 0.05) is 5.56 Å². The third kappa shape index (κ3) is 3.18. The van der Waals surface area contributed by atoms with Crippen molar-refractivity contribution in [1.82, 2.24) is 0 Å². The first-order valence-corrected chi connectivity index (χ1v) is 6.37. The van der Waals surface area contributed by atoms with Gasteiger partial charge in [0.15, 0.2) is 0 Å². The predicted octanol–water partition coefficient (Wildman–Crippen LogP) is 4.08. The van der Waals surface area contributed by atoms with Crippen LogP contribution in [0.3, 0.4) is 0 Å². The van der Waals surface area contributed by atoms with E-state index in [0.717, 1.165) is 12.0 Å². The SMILES string of the molecule is CC(CCN)c1ccc(F)c(-c2cccc(F)c2)c1. The first kappa shape index (κ1) is 13.7. The van der Waals surface area contributed by atoms with Gasteiger partial charge in [-0.15, -0.1) is 0 Å². The lowest BCUT2D eigenvalue weighted by atomic mass is 9.94. The second kappa shape index (κ2) is 5.93. The highest BCUT2D eigenvalue weighted by molar-refractivity contribution is 5.65. The standard InChI is InChI=1S/C16H17F2N/c1-11(7-8-19)12-5-6-16(18)15(10-12)13-3-2-4-14(17)9-13/h2-6,9-11H,7-8,19H2,1H3. The number of hydrogen-bond acceptors (Lipinski definition) is 1. The van der Waals surface area contributed by atoms with Crippen molar-refractivity contribution in [2.24, 2.45) is 5.73 Å². The third-order valence-electron chi connectivity index (χ3n) is 3.29. The summed E-state index contributed by atoms with van der Waals surface area (Å²) in [4.78, 5) is 0. The van der Waals surface area contributed by atoms with Crippen molar-refractivity contribution in [2.45, 2.75) is 19.3 Å². The smallest absolute Gasteiger partial charge is 0.131 e. The molecule has 0 spiro atoms. The van der Waals surface area contributed by atoms with Gasteiger partial charge in [-0.25, -0.2) is 8.78 Å². The monoisotopic (exact) mass is 261 g/mol. The molecule has 0 saturated carbocycles. The summed E-state index contributed by atoms with van der Waals surface area (Å²) in [5.74, 6) is -0.440. The molecule has 0 aromatic heterocycles. The summed E-state index contributed by atoms with van der Waals surface area (Å²) in [5, 5.41) is 0. The third-order valence-corrected chi connectivity index (χ3v) is 3.29. The molecule has 0 aliphatic rings. The summed E-state index contributed by atoms with van der Waals surface area (Å²) >= 11 is 0. The van der Waals surface area contributed by atoms with Crippen LogP contribution >= 0.6 is 0 Å². The van der Waals surface area contributed by atoms with E-state index in [2.05, 4.69) is 6.92 Å². The van der Waals surface area contributed by atoms with Gasteiger partial charge in [-0.2, -0.15) is 0 Å². The molecular formula is C16H17F2N. The van der Waals surface area contributed by atoms with Crippen molar-refractivity contribution >= 4 is 0 Å². The summed E-state index contributed by atoms with van der Waals surface area (Å²) < 4.78 is 27.1. The maximum absolute atomic E-state index is 13.9. The molecule has 19 heavy (non-hydrogen) atoms. The van der Waals surface area contributed by atoms with Gasteiger partial charge in [-0.05, 0) is 54.3 Å². The molecule has 0 radical (unpaired) electrons. The van der Waals surface area contributed by atoms with Crippen LogP contribution in [0.4, 0.5) is 8.78 Å². The van der Waals surface area contributed by atoms with E-state index < -0.39 is 0 Å². The van der Waals surface area contributed by atoms with E-state index in [4.69, 9.17) is 5.73 Å². The summed E-state index contributed by atoms with van der Waals surface area (Å²) in [7, 11) is 0. The Hall–Kier alpha value is -1.74. The molecule has 3 heteroatoms. The maximum atomic E-state index is 13.9. The first-order chi connectivity index (χ1) is 9.11. The summed E-state index contributed by atoms with van der Waals surface area (Å²) in [6.07, 6.45) is 0.841. The van der Waals surface area contributed by atoms with Crippen LogP contribution in [-0.4, -0.2) is 6.54 Å². The Morgan fingerprint density at radius 2 is 1.89 bits per heavy atom. The van der Waals surface area contributed by atoms with E-state index in [-0.39, 0.29) is 17.6 Å². The molecule has 1 atom stereocenters. The number of benzene rings is 2. The van der Waals surface area contributed by atoms with E-state index >= 15 is 0 Å². The topological polar surface area (TPSA) is 26.0 Å². The van der Waals surface area contributed by atoms with E-state index in [0.29, 0.717) is 17.7 Å². The van der Waals surface area contributed by atoms with Crippen LogP contribution in [0.2, 0.25) is 0 Å². The largest absolute Gasteiger partial charge is 0.330 e. The van der Waals surface area contributed by atoms with Gasteiger partial charge >= 0.3 is 0 Å². The molecule has 0 aliphatic heterocycles. The molecule has 0 fully saturated rings. The quantitative estimate of drug-likeness (QED) is 0.881. The van der Waals surface area contributed by atoms with Gasteiger partial charge in [0.25, 0.3) is 0 Å². The van der Waals surface area contributed by atoms with Crippen molar-refractivity contribution < 1.29 is 8.78 Å². The Labute approximate surface area is 112 Å². The fraction of sp³-hybridized carbons (Fsp3) is 0.250. The normalized spacial score (nSPS) is 12.4. The van der Waals surface area contributed by atoms with E-state index in [1.165, 1.54) is 18.2 Å². The zero-order valence-electron chi connectivity index (χ0n) is 10.9. The van der Waals surface area contributed by atoms with E-state index in [1.54, 1.807) is 24.3 Å². The highest BCUT2D eigenvalue weighted by Gasteiger charge is 2.10. The average Bonchev–Trinajstić information content (AvgIpc) is 2.39. The second-order valence-corrected chi connectivity index (χ2v) is 4.73. The Balaban J connectivity index is 2.42. The van der Waals surface area contributed by atoms with Crippen LogP contribution in [0.5, 0.6) is 0 Å². The molecule has 0 heterocycles. The average molecular weight is 261 g/mol. The molecule has 0 amide bonds. The Bertz CT molecular complexity index is 566. The minimum Gasteiger partial charge on any atom is -0.330 e. The highest BCUT2D eigenvalue weighted by atomic mass is 19.1. The molecule has 1 unspecified atom stereocenters. The van der Waals surface area contributed by atoms with Gasteiger partial charge < -0.3 is 5.73 Å². The van der Waals surface area contributed by atoms with E-state index in [9.17, 15) is 8.78 Å². The lowest BCUT2D eigenvalue weighted by Gasteiger charge is -2.13. The predicted molar refractivity (Wildman–Crippen MR) is 73.9 cm³/mol. The van der Waals surface area contributed by atoms with Crippen LogP contribution in [0.1, 0.15) is 24.8 Å². The first-order valence-electron chi connectivity index (χ1n) is 6.37. The van der Waals surface area contributed by atoms with Crippen LogP contribution in [0, 0.1) is 11.6 Å². The molecule has 0 saturated heterocycles. The number of rotatable bonds is 4. The van der Waals surface area contributed by atoms with Crippen LogP contribution in [-0.2, 0) is 0 Å². The number of hydrogen-bond donors (Lipinski definition) is 1. The highest BCUT2D eigenvalue weighted by Crippen LogP contribution is 2.28. The Morgan fingerprint density at radius 3 is 2.58 bits per heavy atom. The lowest BCUT2D eigenvalue weighted by molar-refractivity contribution is 0.622.